The SMILES string of the molecule is Cc1cc(C)cc(C[C@@H](C(=O)O)N(C)S(=O)(=O)c2ccccc2)c1. The molecule has 0 radical (unpaired) electrons. The Balaban J connectivity index is 2.35. The molecule has 1 N–H and O–H groups in total. The summed E-state index contributed by atoms with van der Waals surface area (Å²) in [7, 11) is -2.56. The lowest BCUT2D eigenvalue weighted by atomic mass is 10.0. The summed E-state index contributed by atoms with van der Waals surface area (Å²) in [6.07, 6.45) is 0.112. The lowest BCUT2D eigenvalue weighted by Crippen LogP contribution is -2.43. The Morgan fingerprint density at radius 2 is 1.62 bits per heavy atom. The van der Waals surface area contributed by atoms with Crippen molar-refractivity contribution < 1.29 is 18.3 Å². The van der Waals surface area contributed by atoms with Gasteiger partial charge in [0.1, 0.15) is 6.04 Å². The monoisotopic (exact) mass is 347 g/mol. The van der Waals surface area contributed by atoms with Gasteiger partial charge in [0, 0.05) is 7.05 Å². The van der Waals surface area contributed by atoms with E-state index in [4.69, 9.17) is 0 Å². The predicted molar refractivity (Wildman–Crippen MR) is 92.4 cm³/mol. The van der Waals surface area contributed by atoms with Crippen molar-refractivity contribution in [3.63, 3.8) is 0 Å². The van der Waals surface area contributed by atoms with Crippen molar-refractivity contribution in [3.05, 3.63) is 65.2 Å². The van der Waals surface area contributed by atoms with E-state index in [2.05, 4.69) is 0 Å². The minimum atomic E-state index is -3.87. The summed E-state index contributed by atoms with van der Waals surface area (Å²) >= 11 is 0. The third kappa shape index (κ3) is 4.01. The molecule has 5 nitrogen and oxygen atoms in total. The summed E-state index contributed by atoms with van der Waals surface area (Å²) in [4.78, 5) is 11.8. The number of carboxylic acid groups (broad SMARTS) is 1. The molecule has 0 amide bonds. The predicted octanol–water partition coefficient (Wildman–Crippen LogP) is 2.62. The summed E-state index contributed by atoms with van der Waals surface area (Å²) in [5, 5.41) is 9.55. The lowest BCUT2D eigenvalue weighted by molar-refractivity contribution is -0.141. The second-order valence-electron chi connectivity index (χ2n) is 5.89. The molecule has 0 aromatic heterocycles. The van der Waals surface area contributed by atoms with E-state index in [-0.39, 0.29) is 11.3 Å². The second-order valence-corrected chi connectivity index (χ2v) is 7.89. The quantitative estimate of drug-likeness (QED) is 0.872. The number of hydrogen-bond acceptors (Lipinski definition) is 3. The Kier molecular flexibility index (Phi) is 5.41. The molecule has 0 aliphatic carbocycles. The number of benzene rings is 2. The van der Waals surface area contributed by atoms with Crippen LogP contribution >= 0.6 is 0 Å². The summed E-state index contributed by atoms with van der Waals surface area (Å²) < 4.78 is 26.3. The maximum Gasteiger partial charge on any atom is 0.322 e. The van der Waals surface area contributed by atoms with Gasteiger partial charge in [0.25, 0.3) is 0 Å². The Bertz CT molecular complexity index is 811. The summed E-state index contributed by atoms with van der Waals surface area (Å²) in [6, 6.07) is 12.4. The van der Waals surface area contributed by atoms with Gasteiger partial charge < -0.3 is 5.11 Å². The van der Waals surface area contributed by atoms with Gasteiger partial charge >= 0.3 is 5.97 Å². The van der Waals surface area contributed by atoms with Crippen LogP contribution in [0.25, 0.3) is 0 Å². The molecule has 0 saturated heterocycles. The highest BCUT2D eigenvalue weighted by Crippen LogP contribution is 2.20. The lowest BCUT2D eigenvalue weighted by Gasteiger charge is -2.24. The standard InChI is InChI=1S/C18H21NO4S/c1-13-9-14(2)11-15(10-13)12-17(18(20)21)19(3)24(22,23)16-7-5-4-6-8-16/h4-11,17H,12H2,1-3H3,(H,20,21)/t17-/m0/s1. The minimum absolute atomic E-state index is 0.0826. The molecule has 0 aliphatic heterocycles. The molecule has 0 aliphatic rings. The second kappa shape index (κ2) is 7.15. The fraction of sp³-hybridized carbons (Fsp3) is 0.278. The molecule has 2 aromatic rings. The molecule has 0 heterocycles. The molecule has 6 heteroatoms. The van der Waals surface area contributed by atoms with Crippen LogP contribution in [-0.4, -0.2) is 36.9 Å². The third-order valence-corrected chi connectivity index (χ3v) is 5.74. The largest absolute Gasteiger partial charge is 0.480 e. The van der Waals surface area contributed by atoms with Crippen LogP contribution < -0.4 is 0 Å². The van der Waals surface area contributed by atoms with Crippen LogP contribution in [0.15, 0.2) is 53.4 Å². The normalized spacial score (nSPS) is 13.0. The Labute approximate surface area is 142 Å². The zero-order valence-electron chi connectivity index (χ0n) is 13.9. The van der Waals surface area contributed by atoms with E-state index < -0.39 is 22.0 Å². The fourth-order valence-corrected chi connectivity index (χ4v) is 4.04. The van der Waals surface area contributed by atoms with Crippen LogP contribution in [0.5, 0.6) is 0 Å². The number of carbonyl (C=O) groups is 1. The van der Waals surface area contributed by atoms with Gasteiger partial charge in [-0.25, -0.2) is 8.42 Å². The van der Waals surface area contributed by atoms with Crippen molar-refractivity contribution in [2.75, 3.05) is 7.05 Å². The Morgan fingerprint density at radius 1 is 1.08 bits per heavy atom. The molecule has 24 heavy (non-hydrogen) atoms. The van der Waals surface area contributed by atoms with Crippen LogP contribution in [0.1, 0.15) is 16.7 Å². The summed E-state index contributed by atoms with van der Waals surface area (Å²) in [5.41, 5.74) is 2.83. The van der Waals surface area contributed by atoms with Crippen molar-refractivity contribution in [2.24, 2.45) is 0 Å². The van der Waals surface area contributed by atoms with Crippen molar-refractivity contribution in [1.29, 1.82) is 0 Å². The van der Waals surface area contributed by atoms with Crippen LogP contribution in [0, 0.1) is 13.8 Å². The fourth-order valence-electron chi connectivity index (χ4n) is 2.71. The zero-order valence-corrected chi connectivity index (χ0v) is 14.7. The van der Waals surface area contributed by atoms with Gasteiger partial charge in [0.15, 0.2) is 0 Å². The van der Waals surface area contributed by atoms with E-state index in [1.165, 1.54) is 19.2 Å². The molecule has 128 valence electrons. The third-order valence-electron chi connectivity index (χ3n) is 3.85. The smallest absolute Gasteiger partial charge is 0.322 e. The highest BCUT2D eigenvalue weighted by Gasteiger charge is 2.32. The van der Waals surface area contributed by atoms with Gasteiger partial charge in [0.05, 0.1) is 4.90 Å². The first-order valence-electron chi connectivity index (χ1n) is 7.55. The number of hydrogen-bond donors (Lipinski definition) is 1. The highest BCUT2D eigenvalue weighted by atomic mass is 32.2. The number of nitrogens with zero attached hydrogens (tertiary/aromatic N) is 1. The summed E-state index contributed by atoms with van der Waals surface area (Å²) in [5.74, 6) is -1.17. The molecule has 0 saturated carbocycles. The van der Waals surface area contributed by atoms with Gasteiger partial charge in [0.2, 0.25) is 10.0 Å². The number of aryl methyl sites for hydroxylation is 2. The van der Waals surface area contributed by atoms with E-state index in [1.807, 2.05) is 32.0 Å². The molecule has 2 rings (SSSR count). The molecule has 2 aromatic carbocycles. The first-order chi connectivity index (χ1) is 11.2. The Hall–Kier alpha value is -2.18. The van der Waals surface area contributed by atoms with Crippen molar-refractivity contribution >= 4 is 16.0 Å². The number of likely N-dealkylation sites (N-methyl/N-ethyl adjacent to an activating group) is 1. The molecule has 1 atom stereocenters. The number of rotatable bonds is 6. The van der Waals surface area contributed by atoms with E-state index in [0.717, 1.165) is 21.0 Å². The first-order valence-corrected chi connectivity index (χ1v) is 8.99. The topological polar surface area (TPSA) is 74.7 Å². The van der Waals surface area contributed by atoms with Gasteiger partial charge in [-0.2, -0.15) is 4.31 Å². The van der Waals surface area contributed by atoms with Gasteiger partial charge in [-0.1, -0.05) is 47.5 Å². The van der Waals surface area contributed by atoms with Gasteiger partial charge in [-0.3, -0.25) is 4.79 Å². The van der Waals surface area contributed by atoms with Gasteiger partial charge in [-0.05, 0) is 38.0 Å². The Morgan fingerprint density at radius 3 is 2.12 bits per heavy atom. The number of sulfonamides is 1. The average molecular weight is 347 g/mol. The maximum absolute atomic E-state index is 12.7. The minimum Gasteiger partial charge on any atom is -0.480 e. The number of aliphatic carboxylic acids is 1. The zero-order chi connectivity index (χ0) is 17.9. The number of carboxylic acids is 1. The van der Waals surface area contributed by atoms with Crippen molar-refractivity contribution in [2.45, 2.75) is 31.2 Å². The molecular formula is C18H21NO4S. The van der Waals surface area contributed by atoms with E-state index >= 15 is 0 Å². The van der Waals surface area contributed by atoms with Crippen molar-refractivity contribution in [3.8, 4) is 0 Å². The molecular weight excluding hydrogens is 326 g/mol. The molecule has 0 fully saturated rings. The average Bonchev–Trinajstić information content (AvgIpc) is 2.51. The van der Waals surface area contributed by atoms with Crippen LogP contribution in [-0.2, 0) is 21.2 Å². The summed E-state index contributed by atoms with van der Waals surface area (Å²) in [6.45, 7) is 3.85. The van der Waals surface area contributed by atoms with E-state index in [0.29, 0.717) is 0 Å². The van der Waals surface area contributed by atoms with Gasteiger partial charge in [-0.15, -0.1) is 0 Å². The molecule has 0 bridgehead atoms. The van der Waals surface area contributed by atoms with Crippen molar-refractivity contribution in [1.82, 2.24) is 4.31 Å². The van der Waals surface area contributed by atoms with E-state index in [9.17, 15) is 18.3 Å². The van der Waals surface area contributed by atoms with Crippen LogP contribution in [0.4, 0.5) is 0 Å². The molecule has 0 spiro atoms. The highest BCUT2D eigenvalue weighted by molar-refractivity contribution is 7.89. The molecule has 0 unspecified atom stereocenters. The first kappa shape index (κ1) is 18.2. The van der Waals surface area contributed by atoms with Crippen LogP contribution in [0.2, 0.25) is 0 Å². The van der Waals surface area contributed by atoms with Crippen LogP contribution in [0.3, 0.4) is 0 Å². The van der Waals surface area contributed by atoms with E-state index in [1.54, 1.807) is 18.2 Å². The maximum atomic E-state index is 12.7.